The molecule has 4 heteroatoms. The number of phenols is 1. The number of ether oxygens (including phenoxy) is 2. The lowest BCUT2D eigenvalue weighted by atomic mass is 9.66. The highest BCUT2D eigenvalue weighted by atomic mass is 16.5. The van der Waals surface area contributed by atoms with Crippen molar-refractivity contribution >= 4 is 5.78 Å². The molecule has 0 amide bonds. The number of hydrogen-bond acceptors (Lipinski definition) is 4. The van der Waals surface area contributed by atoms with Crippen LogP contribution in [0.2, 0.25) is 0 Å². The zero-order valence-electron chi connectivity index (χ0n) is 18.2. The first-order chi connectivity index (χ1) is 14.3. The van der Waals surface area contributed by atoms with Gasteiger partial charge in [-0.3, -0.25) is 4.79 Å². The SMILES string of the molecule is C[C@H](CCCc1ccccc1)Oc1cc(O)c2c(c1)OC(C)(C)[C@@H]1CCC(=O)C[C@@H]21. The number of carbonyl (C=O) groups is 1. The van der Waals surface area contributed by atoms with Crippen LogP contribution in [0.1, 0.15) is 69.9 Å². The third-order valence-corrected chi connectivity index (χ3v) is 6.65. The monoisotopic (exact) mass is 408 g/mol. The largest absolute Gasteiger partial charge is 0.507 e. The molecule has 2 aromatic rings. The van der Waals surface area contributed by atoms with Crippen molar-refractivity contribution in [3.8, 4) is 17.2 Å². The van der Waals surface area contributed by atoms with Gasteiger partial charge in [0, 0.05) is 42.4 Å². The predicted molar refractivity (Wildman–Crippen MR) is 117 cm³/mol. The zero-order chi connectivity index (χ0) is 21.3. The van der Waals surface area contributed by atoms with Crippen LogP contribution in [0.5, 0.6) is 17.2 Å². The average molecular weight is 409 g/mol. The maximum absolute atomic E-state index is 12.1. The quantitative estimate of drug-likeness (QED) is 0.656. The fourth-order valence-corrected chi connectivity index (χ4v) is 5.14. The molecular weight excluding hydrogens is 376 g/mol. The van der Waals surface area contributed by atoms with E-state index >= 15 is 0 Å². The van der Waals surface area contributed by atoms with Gasteiger partial charge in [-0.2, -0.15) is 0 Å². The third-order valence-electron chi connectivity index (χ3n) is 6.65. The molecule has 160 valence electrons. The summed E-state index contributed by atoms with van der Waals surface area (Å²) in [5.74, 6) is 1.97. The minimum atomic E-state index is -0.370. The zero-order valence-corrected chi connectivity index (χ0v) is 18.2. The van der Waals surface area contributed by atoms with Crippen LogP contribution in [-0.4, -0.2) is 22.6 Å². The van der Waals surface area contributed by atoms with Crippen molar-refractivity contribution in [2.45, 2.75) is 76.9 Å². The number of benzene rings is 2. The van der Waals surface area contributed by atoms with Crippen LogP contribution in [0.25, 0.3) is 0 Å². The summed E-state index contributed by atoms with van der Waals surface area (Å²) in [6.45, 7) is 6.22. The Bertz CT molecular complexity index is 903. The number of Topliss-reactive ketones (excluding diaryl/α,β-unsaturated/α-hetero) is 1. The van der Waals surface area contributed by atoms with Gasteiger partial charge in [0.05, 0.1) is 6.10 Å². The Hall–Kier alpha value is -2.49. The minimum absolute atomic E-state index is 0.0161. The summed E-state index contributed by atoms with van der Waals surface area (Å²) in [6, 6.07) is 14.0. The smallest absolute Gasteiger partial charge is 0.133 e. The molecule has 1 fully saturated rings. The van der Waals surface area contributed by atoms with E-state index in [1.54, 1.807) is 6.07 Å². The second kappa shape index (κ2) is 8.33. The topological polar surface area (TPSA) is 55.8 Å². The predicted octanol–water partition coefficient (Wildman–Crippen LogP) is 5.81. The molecule has 30 heavy (non-hydrogen) atoms. The molecule has 1 aliphatic heterocycles. The van der Waals surface area contributed by atoms with Gasteiger partial charge < -0.3 is 14.6 Å². The van der Waals surface area contributed by atoms with E-state index in [-0.39, 0.29) is 35.1 Å². The lowest BCUT2D eigenvalue weighted by Crippen LogP contribution is -2.47. The second-order valence-corrected chi connectivity index (χ2v) is 9.36. The Morgan fingerprint density at radius 3 is 2.77 bits per heavy atom. The van der Waals surface area contributed by atoms with E-state index in [2.05, 4.69) is 45.0 Å². The summed E-state index contributed by atoms with van der Waals surface area (Å²) in [7, 11) is 0. The van der Waals surface area contributed by atoms with Crippen molar-refractivity contribution in [1.82, 2.24) is 0 Å². The number of hydrogen-bond donors (Lipinski definition) is 1. The third kappa shape index (κ3) is 4.33. The van der Waals surface area contributed by atoms with Crippen LogP contribution in [-0.2, 0) is 11.2 Å². The fourth-order valence-electron chi connectivity index (χ4n) is 5.14. The minimum Gasteiger partial charge on any atom is -0.507 e. The number of aryl methyl sites for hydroxylation is 1. The highest BCUT2D eigenvalue weighted by Gasteiger charge is 2.47. The first kappa shape index (κ1) is 20.8. The van der Waals surface area contributed by atoms with Crippen LogP contribution in [0, 0.1) is 5.92 Å². The summed E-state index contributed by atoms with van der Waals surface area (Å²) in [5, 5.41) is 10.8. The van der Waals surface area contributed by atoms with Gasteiger partial charge in [-0.1, -0.05) is 30.3 Å². The summed E-state index contributed by atoms with van der Waals surface area (Å²) in [4.78, 5) is 12.1. The molecular formula is C26H32O4. The molecule has 4 nitrogen and oxygen atoms in total. The standard InChI is InChI=1S/C26H32O4/c1-17(8-7-11-18-9-5-4-6-10-18)29-20-15-23(28)25-21-14-19(27)12-13-22(21)26(2,3)30-24(25)16-20/h4-6,9-10,15-17,21-22,28H,7-8,11-14H2,1-3H3/t17-,21-,22-/m1/s1. The normalized spacial score (nSPS) is 23.1. The highest BCUT2D eigenvalue weighted by molar-refractivity contribution is 5.81. The second-order valence-electron chi connectivity index (χ2n) is 9.36. The van der Waals surface area contributed by atoms with Gasteiger partial charge in [-0.15, -0.1) is 0 Å². The van der Waals surface area contributed by atoms with E-state index in [9.17, 15) is 9.90 Å². The van der Waals surface area contributed by atoms with Crippen LogP contribution in [0.15, 0.2) is 42.5 Å². The molecule has 4 rings (SSSR count). The lowest BCUT2D eigenvalue weighted by molar-refractivity contribution is -0.124. The van der Waals surface area contributed by atoms with Gasteiger partial charge >= 0.3 is 0 Å². The van der Waals surface area contributed by atoms with Crippen molar-refractivity contribution in [3.05, 3.63) is 53.6 Å². The van der Waals surface area contributed by atoms with Gasteiger partial charge in [-0.05, 0) is 52.0 Å². The van der Waals surface area contributed by atoms with Gasteiger partial charge in [-0.25, -0.2) is 0 Å². The van der Waals surface area contributed by atoms with Crippen molar-refractivity contribution in [2.24, 2.45) is 5.92 Å². The first-order valence-corrected chi connectivity index (χ1v) is 11.1. The fraction of sp³-hybridized carbons (Fsp3) is 0.500. The first-order valence-electron chi connectivity index (χ1n) is 11.1. The number of aromatic hydroxyl groups is 1. The van der Waals surface area contributed by atoms with Crippen molar-refractivity contribution < 1.29 is 19.4 Å². The van der Waals surface area contributed by atoms with Crippen LogP contribution in [0.3, 0.4) is 0 Å². The molecule has 0 spiro atoms. The van der Waals surface area contributed by atoms with Gasteiger partial charge in [0.15, 0.2) is 0 Å². The van der Waals surface area contributed by atoms with E-state index < -0.39 is 0 Å². The molecule has 3 atom stereocenters. The van der Waals surface area contributed by atoms with E-state index in [4.69, 9.17) is 9.47 Å². The van der Waals surface area contributed by atoms with Crippen LogP contribution in [0.4, 0.5) is 0 Å². The number of ketones is 1. The molecule has 0 radical (unpaired) electrons. The van der Waals surface area contributed by atoms with Gasteiger partial charge in [0.1, 0.15) is 28.6 Å². The molecule has 0 bridgehead atoms. The van der Waals surface area contributed by atoms with Crippen LogP contribution >= 0.6 is 0 Å². The maximum atomic E-state index is 12.1. The van der Waals surface area contributed by atoms with Crippen molar-refractivity contribution in [1.29, 1.82) is 0 Å². The Labute approximate surface area is 179 Å². The lowest BCUT2D eigenvalue weighted by Gasteiger charge is -2.47. The summed E-state index contributed by atoms with van der Waals surface area (Å²) in [6.07, 6.45) is 4.92. The molecule has 2 aliphatic rings. The Kier molecular flexibility index (Phi) is 5.77. The molecule has 1 aliphatic carbocycles. The summed E-state index contributed by atoms with van der Waals surface area (Å²) < 4.78 is 12.4. The molecule has 0 aromatic heterocycles. The van der Waals surface area contributed by atoms with Crippen molar-refractivity contribution in [3.63, 3.8) is 0 Å². The van der Waals surface area contributed by atoms with Gasteiger partial charge in [0.25, 0.3) is 0 Å². The molecule has 0 unspecified atom stereocenters. The Balaban J connectivity index is 1.46. The van der Waals surface area contributed by atoms with E-state index in [0.717, 1.165) is 31.2 Å². The van der Waals surface area contributed by atoms with Crippen molar-refractivity contribution in [2.75, 3.05) is 0 Å². The number of rotatable bonds is 6. The summed E-state index contributed by atoms with van der Waals surface area (Å²) in [5.41, 5.74) is 1.74. The van der Waals surface area contributed by atoms with E-state index in [1.165, 1.54) is 5.56 Å². The number of phenolic OH excluding ortho intramolecular Hbond substituents is 1. The Morgan fingerprint density at radius 1 is 1.23 bits per heavy atom. The number of carbonyl (C=O) groups excluding carboxylic acids is 1. The van der Waals surface area contributed by atoms with Crippen LogP contribution < -0.4 is 9.47 Å². The maximum Gasteiger partial charge on any atom is 0.133 e. The molecule has 1 N–H and O–H groups in total. The van der Waals surface area contributed by atoms with Gasteiger partial charge in [0.2, 0.25) is 0 Å². The highest BCUT2D eigenvalue weighted by Crippen LogP contribution is 2.54. The Morgan fingerprint density at radius 2 is 2.00 bits per heavy atom. The molecule has 1 heterocycles. The van der Waals surface area contributed by atoms with E-state index in [0.29, 0.717) is 24.3 Å². The molecule has 0 saturated heterocycles. The molecule has 2 aromatic carbocycles. The summed E-state index contributed by atoms with van der Waals surface area (Å²) >= 11 is 0. The number of fused-ring (bicyclic) bond motifs is 3. The van der Waals surface area contributed by atoms with E-state index in [1.807, 2.05) is 12.1 Å². The average Bonchev–Trinajstić information content (AvgIpc) is 2.67. The molecule has 1 saturated carbocycles.